The van der Waals surface area contributed by atoms with Crippen LogP contribution in [0.1, 0.15) is 19.3 Å². The molecule has 0 N–H and O–H groups in total. The molecule has 0 aliphatic carbocycles. The maximum atomic E-state index is 12.5. The molecule has 2 aliphatic heterocycles. The number of rotatable bonds is 5. The molecule has 2 saturated heterocycles. The standard InChI is InChI=1S/C18H26N2O3/c21-18(20-9-5-2-6-10-20)17-15-19(12-14-23-17)11-13-22-16-7-3-1-4-8-16/h1,3-4,7-8,17H,2,5-6,9-15H2. The zero-order chi connectivity index (χ0) is 15.9. The van der Waals surface area contributed by atoms with Gasteiger partial charge >= 0.3 is 0 Å². The minimum Gasteiger partial charge on any atom is -0.492 e. The highest BCUT2D eigenvalue weighted by Gasteiger charge is 2.30. The van der Waals surface area contributed by atoms with Gasteiger partial charge in [-0.3, -0.25) is 9.69 Å². The zero-order valence-electron chi connectivity index (χ0n) is 13.7. The molecule has 5 nitrogen and oxygen atoms in total. The second-order valence-corrected chi connectivity index (χ2v) is 6.21. The monoisotopic (exact) mass is 318 g/mol. The summed E-state index contributed by atoms with van der Waals surface area (Å²) in [6.45, 7) is 5.38. The molecular weight excluding hydrogens is 292 g/mol. The van der Waals surface area contributed by atoms with Crippen LogP contribution in [0.25, 0.3) is 0 Å². The molecule has 0 spiro atoms. The molecule has 0 bridgehead atoms. The average Bonchev–Trinajstić information content (AvgIpc) is 2.63. The number of likely N-dealkylation sites (tertiary alicyclic amines) is 1. The fraction of sp³-hybridized carbons (Fsp3) is 0.611. The van der Waals surface area contributed by atoms with Crippen molar-refractivity contribution in [3.05, 3.63) is 30.3 Å². The first-order chi connectivity index (χ1) is 11.3. The van der Waals surface area contributed by atoms with E-state index in [9.17, 15) is 4.79 Å². The van der Waals surface area contributed by atoms with Crippen LogP contribution in [0.15, 0.2) is 30.3 Å². The number of nitrogens with zero attached hydrogens (tertiary/aromatic N) is 2. The van der Waals surface area contributed by atoms with Crippen LogP contribution in [0.4, 0.5) is 0 Å². The quantitative estimate of drug-likeness (QED) is 0.830. The third kappa shape index (κ3) is 4.69. The van der Waals surface area contributed by atoms with Crippen LogP contribution in [-0.4, -0.2) is 67.7 Å². The SMILES string of the molecule is O=C(C1CN(CCOc2ccccc2)CCO1)N1CCCCC1. The number of hydrogen-bond acceptors (Lipinski definition) is 4. The predicted octanol–water partition coefficient (Wildman–Crippen LogP) is 1.78. The Morgan fingerprint density at radius 3 is 2.70 bits per heavy atom. The number of piperidine rings is 1. The van der Waals surface area contributed by atoms with Crippen LogP contribution in [0, 0.1) is 0 Å². The summed E-state index contributed by atoms with van der Waals surface area (Å²) in [6, 6.07) is 9.84. The molecule has 0 radical (unpaired) electrons. The Morgan fingerprint density at radius 1 is 1.13 bits per heavy atom. The van der Waals surface area contributed by atoms with Gasteiger partial charge in [0.1, 0.15) is 18.5 Å². The van der Waals surface area contributed by atoms with E-state index in [-0.39, 0.29) is 12.0 Å². The first-order valence-corrected chi connectivity index (χ1v) is 8.63. The van der Waals surface area contributed by atoms with Crippen LogP contribution in [0.2, 0.25) is 0 Å². The van der Waals surface area contributed by atoms with Gasteiger partial charge in [0, 0.05) is 32.7 Å². The van der Waals surface area contributed by atoms with Gasteiger partial charge in [-0.1, -0.05) is 18.2 Å². The Labute approximate surface area is 138 Å². The lowest BCUT2D eigenvalue weighted by Gasteiger charge is -2.36. The normalized spacial score (nSPS) is 22.8. The highest BCUT2D eigenvalue weighted by Crippen LogP contribution is 2.14. The fourth-order valence-electron chi connectivity index (χ4n) is 3.18. The van der Waals surface area contributed by atoms with E-state index < -0.39 is 0 Å². The zero-order valence-corrected chi connectivity index (χ0v) is 13.7. The van der Waals surface area contributed by atoms with Crippen LogP contribution in [0.3, 0.4) is 0 Å². The minimum atomic E-state index is -0.307. The molecule has 1 unspecified atom stereocenters. The summed E-state index contributed by atoms with van der Waals surface area (Å²) in [7, 11) is 0. The van der Waals surface area contributed by atoms with Gasteiger partial charge in [-0.05, 0) is 31.4 Å². The summed E-state index contributed by atoms with van der Waals surface area (Å²) in [5, 5.41) is 0. The van der Waals surface area contributed by atoms with Gasteiger partial charge in [0.2, 0.25) is 0 Å². The number of carbonyl (C=O) groups excluding carboxylic acids is 1. The van der Waals surface area contributed by atoms with Crippen LogP contribution in [0.5, 0.6) is 5.75 Å². The lowest BCUT2D eigenvalue weighted by Crippen LogP contribution is -2.52. The molecule has 3 rings (SSSR count). The van der Waals surface area contributed by atoms with E-state index in [0.717, 1.165) is 44.8 Å². The predicted molar refractivity (Wildman–Crippen MR) is 88.5 cm³/mol. The van der Waals surface area contributed by atoms with Crippen molar-refractivity contribution in [1.82, 2.24) is 9.80 Å². The molecule has 2 fully saturated rings. The number of hydrogen-bond donors (Lipinski definition) is 0. The van der Waals surface area contributed by atoms with Gasteiger partial charge in [-0.25, -0.2) is 0 Å². The second kappa shape index (κ2) is 8.31. The van der Waals surface area contributed by atoms with E-state index in [1.807, 2.05) is 35.2 Å². The maximum absolute atomic E-state index is 12.5. The first-order valence-electron chi connectivity index (χ1n) is 8.63. The third-order valence-electron chi connectivity index (χ3n) is 4.51. The van der Waals surface area contributed by atoms with Crippen LogP contribution >= 0.6 is 0 Å². The van der Waals surface area contributed by atoms with E-state index in [0.29, 0.717) is 19.8 Å². The molecule has 2 heterocycles. The summed E-state index contributed by atoms with van der Waals surface area (Å²) in [4.78, 5) is 16.8. The molecular formula is C18H26N2O3. The van der Waals surface area contributed by atoms with Gasteiger partial charge in [0.05, 0.1) is 6.61 Å². The molecule has 1 aromatic carbocycles. The lowest BCUT2D eigenvalue weighted by molar-refractivity contribution is -0.150. The third-order valence-corrected chi connectivity index (χ3v) is 4.51. The molecule has 1 amide bonds. The molecule has 126 valence electrons. The Bertz CT molecular complexity index is 488. The van der Waals surface area contributed by atoms with Gasteiger partial charge in [-0.15, -0.1) is 0 Å². The summed E-state index contributed by atoms with van der Waals surface area (Å²) in [5.41, 5.74) is 0. The number of amides is 1. The number of ether oxygens (including phenoxy) is 2. The smallest absolute Gasteiger partial charge is 0.253 e. The van der Waals surface area contributed by atoms with Gasteiger partial charge < -0.3 is 14.4 Å². The number of morpholine rings is 1. The minimum absolute atomic E-state index is 0.165. The number of benzene rings is 1. The molecule has 23 heavy (non-hydrogen) atoms. The first kappa shape index (κ1) is 16.3. The van der Waals surface area contributed by atoms with E-state index in [1.54, 1.807) is 0 Å². The van der Waals surface area contributed by atoms with E-state index in [4.69, 9.17) is 9.47 Å². The van der Waals surface area contributed by atoms with Crippen LogP contribution < -0.4 is 4.74 Å². The Morgan fingerprint density at radius 2 is 1.91 bits per heavy atom. The molecule has 5 heteroatoms. The average molecular weight is 318 g/mol. The Balaban J connectivity index is 1.43. The van der Waals surface area contributed by atoms with Crippen molar-refractivity contribution in [2.45, 2.75) is 25.4 Å². The molecule has 2 aliphatic rings. The van der Waals surface area contributed by atoms with Crippen molar-refractivity contribution >= 4 is 5.91 Å². The maximum Gasteiger partial charge on any atom is 0.253 e. The fourth-order valence-corrected chi connectivity index (χ4v) is 3.18. The number of carbonyl (C=O) groups is 1. The number of para-hydroxylation sites is 1. The van der Waals surface area contributed by atoms with E-state index in [2.05, 4.69) is 4.90 Å². The van der Waals surface area contributed by atoms with Crippen molar-refractivity contribution in [1.29, 1.82) is 0 Å². The second-order valence-electron chi connectivity index (χ2n) is 6.21. The van der Waals surface area contributed by atoms with Gasteiger partial charge in [0.25, 0.3) is 5.91 Å². The van der Waals surface area contributed by atoms with Crippen molar-refractivity contribution in [3.8, 4) is 5.75 Å². The molecule has 1 atom stereocenters. The highest BCUT2D eigenvalue weighted by atomic mass is 16.5. The lowest BCUT2D eigenvalue weighted by atomic mass is 10.1. The van der Waals surface area contributed by atoms with Crippen molar-refractivity contribution in [3.63, 3.8) is 0 Å². The molecule has 0 aromatic heterocycles. The largest absolute Gasteiger partial charge is 0.492 e. The highest BCUT2D eigenvalue weighted by molar-refractivity contribution is 5.81. The van der Waals surface area contributed by atoms with Gasteiger partial charge in [0.15, 0.2) is 0 Å². The van der Waals surface area contributed by atoms with Crippen molar-refractivity contribution in [2.24, 2.45) is 0 Å². The molecule has 0 saturated carbocycles. The van der Waals surface area contributed by atoms with Crippen molar-refractivity contribution < 1.29 is 14.3 Å². The van der Waals surface area contributed by atoms with Crippen molar-refractivity contribution in [2.75, 3.05) is 45.9 Å². The Kier molecular flexibility index (Phi) is 5.88. The summed E-state index contributed by atoms with van der Waals surface area (Å²) < 4.78 is 11.5. The summed E-state index contributed by atoms with van der Waals surface area (Å²) in [6.07, 6.45) is 3.16. The van der Waals surface area contributed by atoms with E-state index in [1.165, 1.54) is 6.42 Å². The van der Waals surface area contributed by atoms with Gasteiger partial charge in [-0.2, -0.15) is 0 Å². The molecule has 1 aromatic rings. The Hall–Kier alpha value is -1.59. The van der Waals surface area contributed by atoms with Crippen LogP contribution in [-0.2, 0) is 9.53 Å². The van der Waals surface area contributed by atoms with E-state index >= 15 is 0 Å². The summed E-state index contributed by atoms with van der Waals surface area (Å²) >= 11 is 0. The summed E-state index contributed by atoms with van der Waals surface area (Å²) in [5.74, 6) is 1.06. The topological polar surface area (TPSA) is 42.0 Å².